The van der Waals surface area contributed by atoms with Crippen molar-refractivity contribution in [2.75, 3.05) is 5.75 Å². The Hall–Kier alpha value is -2.61. The van der Waals surface area contributed by atoms with E-state index in [2.05, 4.69) is 29.1 Å². The molecular formula is C21H25FN4O2S. The maximum Gasteiger partial charge on any atom is 0.278 e. The number of amides is 1. The topological polar surface area (TPSA) is 79.8 Å². The first kappa shape index (κ1) is 21.1. The Bertz CT molecular complexity index is 1070. The van der Waals surface area contributed by atoms with Gasteiger partial charge in [-0.3, -0.25) is 14.2 Å². The van der Waals surface area contributed by atoms with Crippen molar-refractivity contribution in [2.45, 2.75) is 45.4 Å². The Morgan fingerprint density at radius 1 is 1.34 bits per heavy atom. The van der Waals surface area contributed by atoms with Gasteiger partial charge in [-0.05, 0) is 31.4 Å². The Balaban J connectivity index is 1.74. The number of carbonyl (C=O) groups excluding carboxylic acids is 1. The van der Waals surface area contributed by atoms with Crippen LogP contribution >= 0.6 is 11.8 Å². The second-order valence-electron chi connectivity index (χ2n) is 7.40. The molecule has 8 heteroatoms. The van der Waals surface area contributed by atoms with Crippen LogP contribution in [0.2, 0.25) is 0 Å². The van der Waals surface area contributed by atoms with Gasteiger partial charge in [-0.2, -0.15) is 0 Å². The number of nitrogens with zero attached hydrogens (tertiary/aromatic N) is 2. The molecule has 2 N–H and O–H groups in total. The molecule has 2 heterocycles. The van der Waals surface area contributed by atoms with E-state index in [4.69, 9.17) is 0 Å². The van der Waals surface area contributed by atoms with E-state index in [9.17, 15) is 14.0 Å². The van der Waals surface area contributed by atoms with Gasteiger partial charge in [0, 0.05) is 24.3 Å². The molecule has 0 fully saturated rings. The van der Waals surface area contributed by atoms with E-state index in [0.29, 0.717) is 34.2 Å². The van der Waals surface area contributed by atoms with E-state index in [0.717, 1.165) is 12.1 Å². The van der Waals surface area contributed by atoms with Gasteiger partial charge >= 0.3 is 0 Å². The summed E-state index contributed by atoms with van der Waals surface area (Å²) in [6.07, 6.45) is 0.833. The maximum atomic E-state index is 13.7. The first-order valence-electron chi connectivity index (χ1n) is 9.58. The van der Waals surface area contributed by atoms with Crippen molar-refractivity contribution in [1.29, 1.82) is 0 Å². The molecule has 0 bridgehead atoms. The number of fused-ring (bicyclic) bond motifs is 1. The molecule has 154 valence electrons. The molecule has 0 saturated heterocycles. The van der Waals surface area contributed by atoms with Gasteiger partial charge in [-0.1, -0.05) is 43.8 Å². The van der Waals surface area contributed by atoms with Crippen LogP contribution in [0.4, 0.5) is 4.39 Å². The summed E-state index contributed by atoms with van der Waals surface area (Å²) >= 11 is 1.22. The van der Waals surface area contributed by atoms with Crippen molar-refractivity contribution in [3.63, 3.8) is 0 Å². The molecule has 6 nitrogen and oxygen atoms in total. The molecule has 0 saturated carbocycles. The smallest absolute Gasteiger partial charge is 0.278 e. The van der Waals surface area contributed by atoms with E-state index < -0.39 is 0 Å². The number of benzene rings is 1. The molecular weight excluding hydrogens is 391 g/mol. The zero-order valence-electron chi connectivity index (χ0n) is 16.8. The van der Waals surface area contributed by atoms with Crippen LogP contribution in [-0.2, 0) is 17.9 Å². The minimum Gasteiger partial charge on any atom is -0.353 e. The molecule has 3 aromatic rings. The standard InChI is InChI=1S/C21H25FN4O2S/c1-13(2)8-9-26-20(28)19-17(10-14(3)24-19)25-21(26)29-12-18(27)23-11-15-6-4-5-7-16(15)22/h4-7,10,13,24H,8-9,11-12H2,1-3H3,(H,23,27). The van der Waals surface area contributed by atoms with Gasteiger partial charge in [0.15, 0.2) is 5.16 Å². The molecule has 0 radical (unpaired) electrons. The Morgan fingerprint density at radius 2 is 2.10 bits per heavy atom. The first-order chi connectivity index (χ1) is 13.8. The fourth-order valence-corrected chi connectivity index (χ4v) is 3.78. The second-order valence-corrected chi connectivity index (χ2v) is 8.35. The van der Waals surface area contributed by atoms with Crippen molar-refractivity contribution >= 4 is 28.7 Å². The number of nitrogens with one attached hydrogen (secondary N) is 2. The molecule has 0 aliphatic carbocycles. The fraction of sp³-hybridized carbons (Fsp3) is 0.381. The highest BCUT2D eigenvalue weighted by Crippen LogP contribution is 2.19. The molecule has 1 aromatic carbocycles. The van der Waals surface area contributed by atoms with E-state index in [-0.39, 0.29) is 29.6 Å². The lowest BCUT2D eigenvalue weighted by atomic mass is 10.1. The van der Waals surface area contributed by atoms with E-state index in [1.54, 1.807) is 22.8 Å². The van der Waals surface area contributed by atoms with Crippen LogP contribution < -0.4 is 10.9 Å². The third-order valence-corrected chi connectivity index (χ3v) is 5.51. The quantitative estimate of drug-likeness (QED) is 0.434. The Kier molecular flexibility index (Phi) is 6.74. The number of thioether (sulfide) groups is 1. The largest absolute Gasteiger partial charge is 0.353 e. The SMILES string of the molecule is Cc1cc2nc(SCC(=O)NCc3ccccc3F)n(CCC(C)C)c(=O)c2[nH]1. The number of aromatic amines is 1. The predicted molar refractivity (Wildman–Crippen MR) is 114 cm³/mol. The summed E-state index contributed by atoms with van der Waals surface area (Å²) in [6.45, 7) is 6.73. The van der Waals surface area contributed by atoms with Crippen molar-refractivity contribution in [3.8, 4) is 0 Å². The lowest BCUT2D eigenvalue weighted by molar-refractivity contribution is -0.118. The molecule has 2 aromatic heterocycles. The van der Waals surface area contributed by atoms with Crippen LogP contribution in [0.5, 0.6) is 0 Å². The number of aromatic nitrogens is 3. The molecule has 0 atom stereocenters. The predicted octanol–water partition coefficient (Wildman–Crippen LogP) is 3.63. The van der Waals surface area contributed by atoms with Crippen molar-refractivity contribution < 1.29 is 9.18 Å². The first-order valence-corrected chi connectivity index (χ1v) is 10.6. The molecule has 0 aliphatic heterocycles. The van der Waals surface area contributed by atoms with E-state index >= 15 is 0 Å². The number of hydrogen-bond acceptors (Lipinski definition) is 4. The lowest BCUT2D eigenvalue weighted by Gasteiger charge is -2.13. The van der Waals surface area contributed by atoms with Gasteiger partial charge in [0.05, 0.1) is 11.3 Å². The highest BCUT2D eigenvalue weighted by molar-refractivity contribution is 7.99. The van der Waals surface area contributed by atoms with Crippen LogP contribution in [0, 0.1) is 18.7 Å². The average molecular weight is 417 g/mol. The van der Waals surface area contributed by atoms with Gasteiger partial charge in [0.1, 0.15) is 11.3 Å². The number of halogens is 1. The van der Waals surface area contributed by atoms with Gasteiger partial charge in [-0.25, -0.2) is 9.37 Å². The number of H-pyrrole nitrogens is 1. The van der Waals surface area contributed by atoms with Gasteiger partial charge in [0.2, 0.25) is 5.91 Å². The average Bonchev–Trinajstić information content (AvgIpc) is 3.05. The number of aryl methyl sites for hydroxylation is 1. The zero-order chi connectivity index (χ0) is 21.0. The summed E-state index contributed by atoms with van der Waals surface area (Å²) in [4.78, 5) is 32.8. The molecule has 3 rings (SSSR count). The molecule has 0 unspecified atom stereocenters. The van der Waals surface area contributed by atoms with E-state index in [1.807, 2.05) is 13.0 Å². The Labute approximate surface area is 172 Å². The van der Waals surface area contributed by atoms with Crippen LogP contribution in [0.1, 0.15) is 31.5 Å². The third-order valence-electron chi connectivity index (χ3n) is 4.53. The summed E-state index contributed by atoms with van der Waals surface area (Å²) in [5.74, 6) is -0.0617. The lowest BCUT2D eigenvalue weighted by Crippen LogP contribution is -2.27. The second kappa shape index (κ2) is 9.26. The third kappa shape index (κ3) is 5.26. The van der Waals surface area contributed by atoms with Gasteiger partial charge < -0.3 is 10.3 Å². The molecule has 0 aliphatic rings. The highest BCUT2D eigenvalue weighted by Gasteiger charge is 2.15. The monoisotopic (exact) mass is 416 g/mol. The Morgan fingerprint density at radius 3 is 2.83 bits per heavy atom. The summed E-state index contributed by atoms with van der Waals surface area (Å²) in [7, 11) is 0. The minimum absolute atomic E-state index is 0.0947. The van der Waals surface area contributed by atoms with Crippen molar-refractivity contribution in [3.05, 3.63) is 57.8 Å². The molecule has 0 spiro atoms. The van der Waals surface area contributed by atoms with Crippen molar-refractivity contribution in [2.24, 2.45) is 5.92 Å². The maximum absolute atomic E-state index is 13.7. The number of hydrogen-bond donors (Lipinski definition) is 2. The summed E-state index contributed by atoms with van der Waals surface area (Å²) < 4.78 is 15.3. The minimum atomic E-state index is -0.349. The highest BCUT2D eigenvalue weighted by atomic mass is 32.2. The molecule has 29 heavy (non-hydrogen) atoms. The van der Waals surface area contributed by atoms with Crippen LogP contribution in [0.15, 0.2) is 40.3 Å². The van der Waals surface area contributed by atoms with E-state index in [1.165, 1.54) is 17.8 Å². The van der Waals surface area contributed by atoms with Gasteiger partial charge in [-0.15, -0.1) is 0 Å². The zero-order valence-corrected chi connectivity index (χ0v) is 17.6. The van der Waals surface area contributed by atoms with Crippen LogP contribution in [0.25, 0.3) is 11.0 Å². The fourth-order valence-electron chi connectivity index (χ4n) is 2.92. The number of carbonyl (C=O) groups is 1. The van der Waals surface area contributed by atoms with Crippen LogP contribution in [0.3, 0.4) is 0 Å². The van der Waals surface area contributed by atoms with Gasteiger partial charge in [0.25, 0.3) is 5.56 Å². The number of rotatable bonds is 8. The van der Waals surface area contributed by atoms with Crippen molar-refractivity contribution in [1.82, 2.24) is 19.9 Å². The normalized spacial score (nSPS) is 11.3. The van der Waals surface area contributed by atoms with Crippen LogP contribution in [-0.4, -0.2) is 26.2 Å². The summed E-state index contributed by atoms with van der Waals surface area (Å²) in [6, 6.07) is 8.16. The summed E-state index contributed by atoms with van der Waals surface area (Å²) in [5, 5.41) is 3.23. The summed E-state index contributed by atoms with van der Waals surface area (Å²) in [5.41, 5.74) is 2.26. The molecule has 1 amide bonds.